The fourth-order valence-electron chi connectivity index (χ4n) is 3.01. The molecule has 1 aliphatic rings. The van der Waals surface area contributed by atoms with Gasteiger partial charge in [0.15, 0.2) is 0 Å². The molecule has 0 N–H and O–H groups in total. The van der Waals surface area contributed by atoms with E-state index < -0.39 is 0 Å². The Hall–Kier alpha value is -1.39. The zero-order valence-electron chi connectivity index (χ0n) is 12.7. The predicted molar refractivity (Wildman–Crippen MR) is 89.1 cm³/mol. The van der Waals surface area contributed by atoms with E-state index in [1.165, 1.54) is 22.9 Å². The summed E-state index contributed by atoms with van der Waals surface area (Å²) in [4.78, 5) is 17.1. The van der Waals surface area contributed by atoms with Crippen molar-refractivity contribution >= 4 is 27.3 Å². The summed E-state index contributed by atoms with van der Waals surface area (Å²) in [6.07, 6.45) is 3.49. The van der Waals surface area contributed by atoms with Gasteiger partial charge in [-0.25, -0.2) is 0 Å². The summed E-state index contributed by atoms with van der Waals surface area (Å²) < 4.78 is 1.24. The summed E-state index contributed by atoms with van der Waals surface area (Å²) in [5, 5.41) is 3.25. The van der Waals surface area contributed by atoms with Crippen molar-refractivity contribution in [2.45, 2.75) is 25.3 Å². The Labute approximate surface area is 130 Å². The van der Waals surface area contributed by atoms with E-state index in [0.29, 0.717) is 6.04 Å². The van der Waals surface area contributed by atoms with E-state index in [9.17, 15) is 4.79 Å². The summed E-state index contributed by atoms with van der Waals surface area (Å²) in [6, 6.07) is 8.62. The number of fused-ring (bicyclic) bond motifs is 1. The molecule has 4 heteroatoms. The number of nitrogens with zero attached hydrogens (tertiary/aromatic N) is 2. The van der Waals surface area contributed by atoms with Crippen LogP contribution in [0.1, 0.15) is 29.6 Å². The maximum absolute atomic E-state index is 12.8. The summed E-state index contributed by atoms with van der Waals surface area (Å²) in [6.45, 7) is 1.72. The van der Waals surface area contributed by atoms with E-state index in [1.54, 1.807) is 11.3 Å². The summed E-state index contributed by atoms with van der Waals surface area (Å²) in [5.41, 5.74) is 0.820. The number of thiophene rings is 1. The van der Waals surface area contributed by atoms with Gasteiger partial charge < -0.3 is 9.80 Å². The van der Waals surface area contributed by atoms with Crippen molar-refractivity contribution in [1.29, 1.82) is 0 Å². The monoisotopic (exact) mass is 302 g/mol. The van der Waals surface area contributed by atoms with E-state index in [2.05, 4.69) is 36.5 Å². The largest absolute Gasteiger partial charge is 0.337 e. The van der Waals surface area contributed by atoms with Crippen molar-refractivity contribution in [3.63, 3.8) is 0 Å². The predicted octanol–water partition coefficient (Wildman–Crippen LogP) is 3.46. The molecule has 1 fully saturated rings. The second-order valence-electron chi connectivity index (χ2n) is 6.04. The Bertz CT molecular complexity index is 635. The third-order valence-electron chi connectivity index (χ3n) is 4.36. The van der Waals surface area contributed by atoms with Gasteiger partial charge in [-0.05, 0) is 62.0 Å². The second-order valence-corrected chi connectivity index (χ2v) is 6.99. The fraction of sp³-hybridized carbons (Fsp3) is 0.471. The zero-order chi connectivity index (χ0) is 14.8. The molecule has 1 aromatic heterocycles. The first-order valence-electron chi connectivity index (χ1n) is 7.58. The first-order chi connectivity index (χ1) is 10.1. The van der Waals surface area contributed by atoms with Crippen molar-refractivity contribution in [2.24, 2.45) is 0 Å². The van der Waals surface area contributed by atoms with Crippen LogP contribution < -0.4 is 0 Å². The van der Waals surface area contributed by atoms with E-state index in [0.717, 1.165) is 25.1 Å². The number of carbonyl (C=O) groups excluding carboxylic acids is 1. The lowest BCUT2D eigenvalue weighted by Crippen LogP contribution is -2.41. The van der Waals surface area contributed by atoms with E-state index in [1.807, 2.05) is 17.0 Å². The molecule has 3 nitrogen and oxygen atoms in total. The maximum atomic E-state index is 12.8. The summed E-state index contributed by atoms with van der Waals surface area (Å²) in [5.74, 6) is 0.178. The minimum absolute atomic E-state index is 0.178. The van der Waals surface area contributed by atoms with Crippen LogP contribution in [0, 0.1) is 0 Å². The number of hydrogen-bond donors (Lipinski definition) is 0. The molecule has 1 saturated heterocycles. The first kappa shape index (κ1) is 14.5. The molecule has 2 heterocycles. The number of amides is 1. The molecule has 3 rings (SSSR count). The van der Waals surface area contributed by atoms with Gasteiger partial charge in [-0.2, -0.15) is 0 Å². The number of rotatable bonds is 2. The first-order valence-corrected chi connectivity index (χ1v) is 8.46. The van der Waals surface area contributed by atoms with Gasteiger partial charge in [-0.3, -0.25) is 4.79 Å². The lowest BCUT2D eigenvalue weighted by atomic mass is 10.1. The van der Waals surface area contributed by atoms with Crippen LogP contribution in [0.3, 0.4) is 0 Å². The molecule has 0 radical (unpaired) electrons. The highest BCUT2D eigenvalue weighted by molar-refractivity contribution is 7.17. The molecule has 2 aromatic rings. The maximum Gasteiger partial charge on any atom is 0.253 e. The number of carbonyl (C=O) groups is 1. The lowest BCUT2D eigenvalue weighted by molar-refractivity contribution is 0.0726. The van der Waals surface area contributed by atoms with Gasteiger partial charge >= 0.3 is 0 Å². The number of likely N-dealkylation sites (N-methyl/N-ethyl adjacent to an activating group) is 1. The second kappa shape index (κ2) is 6.16. The third-order valence-corrected chi connectivity index (χ3v) is 5.26. The van der Waals surface area contributed by atoms with Gasteiger partial charge in [-0.1, -0.05) is 6.42 Å². The van der Waals surface area contributed by atoms with Crippen LogP contribution in [-0.2, 0) is 0 Å². The van der Waals surface area contributed by atoms with Crippen LogP contribution in [0.2, 0.25) is 0 Å². The van der Waals surface area contributed by atoms with Gasteiger partial charge in [0, 0.05) is 29.4 Å². The highest BCUT2D eigenvalue weighted by Gasteiger charge is 2.24. The van der Waals surface area contributed by atoms with E-state index >= 15 is 0 Å². The van der Waals surface area contributed by atoms with Crippen LogP contribution >= 0.6 is 11.3 Å². The molecule has 1 aromatic carbocycles. The highest BCUT2D eigenvalue weighted by Crippen LogP contribution is 2.23. The average molecular weight is 302 g/mol. The minimum Gasteiger partial charge on any atom is -0.337 e. The molecular weight excluding hydrogens is 280 g/mol. The van der Waals surface area contributed by atoms with Gasteiger partial charge in [0.05, 0.1) is 0 Å². The molecule has 0 bridgehead atoms. The highest BCUT2D eigenvalue weighted by atomic mass is 32.1. The molecular formula is C17H22N2OS. The van der Waals surface area contributed by atoms with Gasteiger partial charge in [0.25, 0.3) is 5.91 Å². The van der Waals surface area contributed by atoms with Crippen LogP contribution in [-0.4, -0.2) is 48.9 Å². The Kier molecular flexibility index (Phi) is 4.27. The topological polar surface area (TPSA) is 23.6 Å². The van der Waals surface area contributed by atoms with Crippen LogP contribution in [0.5, 0.6) is 0 Å². The van der Waals surface area contributed by atoms with Crippen LogP contribution in [0.4, 0.5) is 0 Å². The van der Waals surface area contributed by atoms with Crippen LogP contribution in [0.25, 0.3) is 10.1 Å². The van der Waals surface area contributed by atoms with Crippen LogP contribution in [0.15, 0.2) is 29.6 Å². The Morgan fingerprint density at radius 2 is 2.14 bits per heavy atom. The quantitative estimate of drug-likeness (QED) is 0.848. The average Bonchev–Trinajstić information content (AvgIpc) is 2.80. The lowest BCUT2D eigenvalue weighted by Gasteiger charge is -2.28. The molecule has 21 heavy (non-hydrogen) atoms. The van der Waals surface area contributed by atoms with E-state index in [-0.39, 0.29) is 5.91 Å². The van der Waals surface area contributed by atoms with Crippen molar-refractivity contribution in [1.82, 2.24) is 9.80 Å². The van der Waals surface area contributed by atoms with Crippen molar-refractivity contribution in [2.75, 3.05) is 27.2 Å². The summed E-state index contributed by atoms with van der Waals surface area (Å²) >= 11 is 1.72. The van der Waals surface area contributed by atoms with Gasteiger partial charge in [-0.15, -0.1) is 11.3 Å². The molecule has 112 valence electrons. The van der Waals surface area contributed by atoms with Crippen molar-refractivity contribution in [3.05, 3.63) is 35.2 Å². The SMILES string of the molecule is CN(C)[C@H]1CCCCN(C(=O)c2ccc3sccc3c2)C1. The summed E-state index contributed by atoms with van der Waals surface area (Å²) in [7, 11) is 4.21. The molecule has 0 unspecified atom stereocenters. The van der Waals surface area contributed by atoms with Gasteiger partial charge in [0.1, 0.15) is 0 Å². The molecule has 1 amide bonds. The Balaban J connectivity index is 1.82. The Morgan fingerprint density at radius 3 is 2.95 bits per heavy atom. The number of benzene rings is 1. The zero-order valence-corrected chi connectivity index (χ0v) is 13.5. The normalized spacial score (nSPS) is 20.0. The molecule has 1 atom stereocenters. The van der Waals surface area contributed by atoms with Crippen molar-refractivity contribution < 1.29 is 4.79 Å². The number of likely N-dealkylation sites (tertiary alicyclic amines) is 1. The van der Waals surface area contributed by atoms with E-state index in [4.69, 9.17) is 0 Å². The fourth-order valence-corrected chi connectivity index (χ4v) is 3.78. The minimum atomic E-state index is 0.178. The standard InChI is InChI=1S/C17H22N2OS/c1-18(2)15-5-3-4-9-19(12-15)17(20)14-6-7-16-13(11-14)8-10-21-16/h6-8,10-11,15H,3-5,9,12H2,1-2H3/t15-/m0/s1. The third kappa shape index (κ3) is 3.11. The molecule has 0 spiro atoms. The van der Waals surface area contributed by atoms with Crippen molar-refractivity contribution in [3.8, 4) is 0 Å². The van der Waals surface area contributed by atoms with Gasteiger partial charge in [0.2, 0.25) is 0 Å². The smallest absolute Gasteiger partial charge is 0.253 e. The molecule has 0 saturated carbocycles. The Morgan fingerprint density at radius 1 is 1.29 bits per heavy atom. The molecule has 1 aliphatic heterocycles. The molecule has 0 aliphatic carbocycles. The number of hydrogen-bond acceptors (Lipinski definition) is 3.